The molecule has 2 aromatic rings. The molecule has 2 aliphatic rings. The van der Waals surface area contributed by atoms with Crippen LogP contribution in [0.25, 0.3) is 0 Å². The first-order valence-electron chi connectivity index (χ1n) is 10.6. The minimum atomic E-state index is -3.75. The smallest absolute Gasteiger partial charge is 0.207 e. The van der Waals surface area contributed by atoms with Gasteiger partial charge in [0.25, 0.3) is 0 Å². The molecule has 1 aliphatic heterocycles. The van der Waals surface area contributed by atoms with Crippen molar-refractivity contribution in [2.75, 3.05) is 13.1 Å². The minimum Gasteiger partial charge on any atom is -0.207 e. The molecule has 30 heavy (non-hydrogen) atoms. The molecule has 4 rings (SSSR count). The number of fused-ring (bicyclic) bond motifs is 1. The lowest BCUT2D eigenvalue weighted by Gasteiger charge is -2.26. The summed E-state index contributed by atoms with van der Waals surface area (Å²) in [6, 6.07) is 13.2. The predicted molar refractivity (Wildman–Crippen MR) is 116 cm³/mol. The molecule has 0 bridgehead atoms. The standard InChI is InChI=1S/C22H28N2O4S2/c25-29(26,23-22-11-7-9-18-8-3-4-10-21(18)22)19-12-14-20(15-13-19)30(27,28)24-16-5-1-2-6-17-24/h3-4,8,10,12-15,22-23H,1-2,5-7,9,11,16-17H2/t22-/m1/s1. The molecule has 0 aromatic heterocycles. The van der Waals surface area contributed by atoms with Crippen LogP contribution < -0.4 is 4.72 Å². The molecule has 162 valence electrons. The molecule has 0 radical (unpaired) electrons. The molecule has 6 nitrogen and oxygen atoms in total. The third-order valence-corrected chi connectivity index (χ3v) is 9.40. The zero-order valence-electron chi connectivity index (χ0n) is 17.0. The van der Waals surface area contributed by atoms with Crippen LogP contribution in [0.1, 0.15) is 55.7 Å². The Bertz CT molecular complexity index is 1090. The molecule has 1 atom stereocenters. The highest BCUT2D eigenvalue weighted by molar-refractivity contribution is 7.89. The van der Waals surface area contributed by atoms with Crippen LogP contribution in [0.5, 0.6) is 0 Å². The number of aryl methyl sites for hydroxylation is 1. The van der Waals surface area contributed by atoms with Crippen molar-refractivity contribution in [2.24, 2.45) is 0 Å². The normalized spacial score (nSPS) is 21.0. The molecule has 1 saturated heterocycles. The monoisotopic (exact) mass is 448 g/mol. The van der Waals surface area contributed by atoms with Crippen molar-refractivity contribution in [2.45, 2.75) is 60.8 Å². The van der Waals surface area contributed by atoms with Crippen LogP contribution in [-0.4, -0.2) is 34.2 Å². The number of sulfonamides is 2. The lowest BCUT2D eigenvalue weighted by Crippen LogP contribution is -2.32. The fourth-order valence-corrected chi connectivity index (χ4v) is 7.12. The molecule has 0 unspecified atom stereocenters. The summed E-state index contributed by atoms with van der Waals surface area (Å²) in [5.74, 6) is 0. The van der Waals surface area contributed by atoms with E-state index >= 15 is 0 Å². The summed E-state index contributed by atoms with van der Waals surface area (Å²) >= 11 is 0. The van der Waals surface area contributed by atoms with Crippen LogP contribution in [0.3, 0.4) is 0 Å². The van der Waals surface area contributed by atoms with E-state index in [9.17, 15) is 16.8 Å². The lowest BCUT2D eigenvalue weighted by molar-refractivity contribution is 0.423. The Hall–Kier alpha value is -1.74. The Balaban J connectivity index is 1.53. The van der Waals surface area contributed by atoms with Crippen LogP contribution >= 0.6 is 0 Å². The quantitative estimate of drug-likeness (QED) is 0.757. The Labute approximate surface area is 179 Å². The molecule has 8 heteroatoms. The third kappa shape index (κ3) is 4.46. The maximum atomic E-state index is 12.9. The molecule has 0 spiro atoms. The largest absolute Gasteiger partial charge is 0.243 e. The van der Waals surface area contributed by atoms with Gasteiger partial charge in [0, 0.05) is 19.1 Å². The van der Waals surface area contributed by atoms with Crippen LogP contribution in [0.2, 0.25) is 0 Å². The van der Waals surface area contributed by atoms with Gasteiger partial charge in [-0.25, -0.2) is 21.6 Å². The van der Waals surface area contributed by atoms with Crippen molar-refractivity contribution < 1.29 is 16.8 Å². The van der Waals surface area contributed by atoms with E-state index in [1.807, 2.05) is 24.3 Å². The summed E-state index contributed by atoms with van der Waals surface area (Å²) in [7, 11) is -7.35. The van der Waals surface area contributed by atoms with E-state index in [4.69, 9.17) is 0 Å². The second-order valence-electron chi connectivity index (χ2n) is 8.05. The number of nitrogens with one attached hydrogen (secondary N) is 1. The number of nitrogens with zero attached hydrogens (tertiary/aromatic N) is 1. The van der Waals surface area contributed by atoms with Gasteiger partial charge in [-0.1, -0.05) is 37.1 Å². The molecule has 0 amide bonds. The van der Waals surface area contributed by atoms with Gasteiger partial charge in [-0.15, -0.1) is 0 Å². The minimum absolute atomic E-state index is 0.0837. The summed E-state index contributed by atoms with van der Waals surface area (Å²) in [5.41, 5.74) is 2.20. The highest BCUT2D eigenvalue weighted by atomic mass is 32.2. The van der Waals surface area contributed by atoms with E-state index in [2.05, 4.69) is 4.72 Å². The van der Waals surface area contributed by atoms with Gasteiger partial charge in [0.2, 0.25) is 20.0 Å². The van der Waals surface area contributed by atoms with Gasteiger partial charge in [-0.3, -0.25) is 0 Å². The Morgan fingerprint density at radius 2 is 1.40 bits per heavy atom. The first-order valence-corrected chi connectivity index (χ1v) is 13.5. The third-order valence-electron chi connectivity index (χ3n) is 6.00. The van der Waals surface area contributed by atoms with Crippen molar-refractivity contribution in [1.82, 2.24) is 9.03 Å². The first kappa shape index (κ1) is 21.5. The van der Waals surface area contributed by atoms with Crippen LogP contribution in [-0.2, 0) is 26.5 Å². The van der Waals surface area contributed by atoms with Crippen molar-refractivity contribution >= 4 is 20.0 Å². The predicted octanol–water partition coefficient (Wildman–Crippen LogP) is 3.61. The average Bonchev–Trinajstić information content (AvgIpc) is 3.04. The Morgan fingerprint density at radius 3 is 2.10 bits per heavy atom. The number of benzene rings is 2. The van der Waals surface area contributed by atoms with E-state index in [-0.39, 0.29) is 15.8 Å². The van der Waals surface area contributed by atoms with E-state index in [0.717, 1.165) is 50.5 Å². The maximum absolute atomic E-state index is 12.9. The summed E-state index contributed by atoms with van der Waals surface area (Å²) in [4.78, 5) is 0.228. The molecule has 1 N–H and O–H groups in total. The topological polar surface area (TPSA) is 83.5 Å². The van der Waals surface area contributed by atoms with Gasteiger partial charge >= 0.3 is 0 Å². The van der Waals surface area contributed by atoms with Crippen molar-refractivity contribution in [1.29, 1.82) is 0 Å². The Morgan fingerprint density at radius 1 is 0.767 bits per heavy atom. The summed E-state index contributed by atoms with van der Waals surface area (Å²) in [6.07, 6.45) is 6.43. The van der Waals surface area contributed by atoms with Gasteiger partial charge in [0.15, 0.2) is 0 Å². The van der Waals surface area contributed by atoms with Gasteiger partial charge in [-0.2, -0.15) is 4.31 Å². The average molecular weight is 449 g/mol. The molecular formula is C22H28N2O4S2. The number of rotatable bonds is 5. The fourth-order valence-electron chi connectivity index (χ4n) is 4.35. The van der Waals surface area contributed by atoms with Gasteiger partial charge in [0.05, 0.1) is 9.79 Å². The van der Waals surface area contributed by atoms with E-state index in [0.29, 0.717) is 13.1 Å². The maximum Gasteiger partial charge on any atom is 0.243 e. The van der Waals surface area contributed by atoms with Gasteiger partial charge in [0.1, 0.15) is 0 Å². The van der Waals surface area contributed by atoms with Crippen molar-refractivity contribution in [3.05, 3.63) is 59.7 Å². The highest BCUT2D eigenvalue weighted by Gasteiger charge is 2.28. The molecule has 1 aliphatic carbocycles. The van der Waals surface area contributed by atoms with Crippen molar-refractivity contribution in [3.8, 4) is 0 Å². The van der Waals surface area contributed by atoms with Crippen LogP contribution in [0.4, 0.5) is 0 Å². The highest BCUT2D eigenvalue weighted by Crippen LogP contribution is 2.31. The van der Waals surface area contributed by atoms with Crippen LogP contribution in [0.15, 0.2) is 58.3 Å². The zero-order valence-corrected chi connectivity index (χ0v) is 18.6. The molecular weight excluding hydrogens is 420 g/mol. The first-order chi connectivity index (χ1) is 14.4. The molecule has 2 aromatic carbocycles. The SMILES string of the molecule is O=S(=O)(N[C@@H]1CCCc2ccccc21)c1ccc(S(=O)(=O)N2CCCCCC2)cc1. The summed E-state index contributed by atoms with van der Waals surface area (Å²) < 4.78 is 56.1. The molecule has 1 heterocycles. The van der Waals surface area contributed by atoms with Gasteiger partial charge < -0.3 is 0 Å². The van der Waals surface area contributed by atoms with Crippen molar-refractivity contribution in [3.63, 3.8) is 0 Å². The summed E-state index contributed by atoms with van der Waals surface area (Å²) in [6.45, 7) is 1.04. The number of hydrogen-bond acceptors (Lipinski definition) is 4. The fraction of sp³-hybridized carbons (Fsp3) is 0.455. The summed E-state index contributed by atoms with van der Waals surface area (Å²) in [5, 5.41) is 0. The second kappa shape index (κ2) is 8.78. The molecule has 0 saturated carbocycles. The van der Waals surface area contributed by atoms with Gasteiger partial charge in [-0.05, 0) is 67.5 Å². The lowest BCUT2D eigenvalue weighted by atomic mass is 9.88. The van der Waals surface area contributed by atoms with E-state index in [1.165, 1.54) is 34.1 Å². The molecule has 1 fully saturated rings. The van der Waals surface area contributed by atoms with Crippen LogP contribution in [0, 0.1) is 0 Å². The second-order valence-corrected chi connectivity index (χ2v) is 11.7. The Kier molecular flexibility index (Phi) is 6.29. The number of hydrogen-bond donors (Lipinski definition) is 1. The van der Waals surface area contributed by atoms with E-state index in [1.54, 1.807) is 0 Å². The van der Waals surface area contributed by atoms with E-state index < -0.39 is 20.0 Å². The zero-order chi connectivity index (χ0) is 21.2.